The van der Waals surface area contributed by atoms with E-state index in [9.17, 15) is 27.2 Å². The molecule has 2 heterocycles. The van der Waals surface area contributed by atoms with Crippen LogP contribution in [0.25, 0.3) is 0 Å². The van der Waals surface area contributed by atoms with Crippen LogP contribution in [0.15, 0.2) is 24.3 Å². The van der Waals surface area contributed by atoms with Crippen LogP contribution >= 0.6 is 0 Å². The summed E-state index contributed by atoms with van der Waals surface area (Å²) in [5.41, 5.74) is 0.222. The smallest absolute Gasteiger partial charge is 0.246 e. The van der Waals surface area contributed by atoms with Crippen LogP contribution in [0.1, 0.15) is 59.4 Å². The molecule has 0 bridgehead atoms. The van der Waals surface area contributed by atoms with Gasteiger partial charge in [0.25, 0.3) is 0 Å². The topological polar surface area (TPSA) is 104 Å². The first-order valence-corrected chi connectivity index (χ1v) is 14.8. The normalized spacial score (nSPS) is 24.0. The number of nitrogens with one attached hydrogen (secondary N) is 1. The Labute approximate surface area is 220 Å². The number of aryl methyl sites for hydroxylation is 1. The zero-order chi connectivity index (χ0) is 27.7. The number of amides is 2. The van der Waals surface area contributed by atoms with E-state index in [0.717, 1.165) is 11.8 Å². The van der Waals surface area contributed by atoms with Crippen LogP contribution in [0, 0.1) is 23.1 Å². The fraction of sp³-hybridized carbons (Fsp3) is 0.667. The van der Waals surface area contributed by atoms with Gasteiger partial charge in [0.05, 0.1) is 18.2 Å². The molecule has 2 saturated heterocycles. The SMILES string of the molecule is CC[C@@H](C)C(=O)N[C@H](C(=O)N1CC[C@@H]2[C@H]1[C@@H](C(=O)CCc1ccc(F)cc1)CN2S(C)(=O)=O)C(C)(C)C. The van der Waals surface area contributed by atoms with Crippen molar-refractivity contribution in [2.75, 3.05) is 19.3 Å². The van der Waals surface area contributed by atoms with Crippen molar-refractivity contribution in [3.05, 3.63) is 35.6 Å². The van der Waals surface area contributed by atoms with Gasteiger partial charge in [-0.25, -0.2) is 12.8 Å². The molecule has 0 unspecified atom stereocenters. The first-order valence-electron chi connectivity index (χ1n) is 13.0. The molecule has 0 saturated carbocycles. The number of fused-ring (bicyclic) bond motifs is 1. The second-order valence-electron chi connectivity index (χ2n) is 11.5. The molecular weight excluding hydrogens is 497 g/mol. The monoisotopic (exact) mass is 537 g/mol. The molecule has 1 aromatic carbocycles. The quantitative estimate of drug-likeness (QED) is 0.522. The van der Waals surface area contributed by atoms with Crippen LogP contribution in [-0.4, -0.2) is 72.7 Å². The summed E-state index contributed by atoms with van der Waals surface area (Å²) in [6, 6.07) is 4.06. The lowest BCUT2D eigenvalue weighted by molar-refractivity contribution is -0.142. The maximum absolute atomic E-state index is 13.9. The lowest BCUT2D eigenvalue weighted by Crippen LogP contribution is -2.58. The molecule has 5 atom stereocenters. The van der Waals surface area contributed by atoms with Gasteiger partial charge in [-0.05, 0) is 42.4 Å². The van der Waals surface area contributed by atoms with Gasteiger partial charge in [0.15, 0.2) is 0 Å². The van der Waals surface area contributed by atoms with E-state index >= 15 is 0 Å². The summed E-state index contributed by atoms with van der Waals surface area (Å²) in [5.74, 6) is -1.90. The number of sulfonamides is 1. The number of halogens is 1. The van der Waals surface area contributed by atoms with E-state index in [1.807, 2.05) is 34.6 Å². The van der Waals surface area contributed by atoms with E-state index in [4.69, 9.17) is 0 Å². The summed E-state index contributed by atoms with van der Waals surface area (Å²) in [5, 5.41) is 2.92. The lowest BCUT2D eigenvalue weighted by Gasteiger charge is -2.37. The summed E-state index contributed by atoms with van der Waals surface area (Å²) >= 11 is 0. The second kappa shape index (κ2) is 11.2. The summed E-state index contributed by atoms with van der Waals surface area (Å²) in [7, 11) is -3.59. The number of hydrogen-bond acceptors (Lipinski definition) is 5. The van der Waals surface area contributed by atoms with Crippen molar-refractivity contribution in [2.45, 2.75) is 78.4 Å². The lowest BCUT2D eigenvalue weighted by atomic mass is 9.84. The largest absolute Gasteiger partial charge is 0.344 e. The van der Waals surface area contributed by atoms with Gasteiger partial charge < -0.3 is 10.2 Å². The minimum Gasteiger partial charge on any atom is -0.344 e. The van der Waals surface area contributed by atoms with Crippen molar-refractivity contribution >= 4 is 27.6 Å². The fourth-order valence-electron chi connectivity index (χ4n) is 5.36. The summed E-state index contributed by atoms with van der Waals surface area (Å²) < 4.78 is 39.8. The van der Waals surface area contributed by atoms with Gasteiger partial charge in [0, 0.05) is 31.5 Å². The summed E-state index contributed by atoms with van der Waals surface area (Å²) in [6.45, 7) is 9.69. The highest BCUT2D eigenvalue weighted by atomic mass is 32.2. The van der Waals surface area contributed by atoms with E-state index in [1.165, 1.54) is 16.4 Å². The van der Waals surface area contributed by atoms with E-state index < -0.39 is 39.5 Å². The van der Waals surface area contributed by atoms with Crippen LogP contribution in [0.5, 0.6) is 0 Å². The van der Waals surface area contributed by atoms with Gasteiger partial charge in [0.2, 0.25) is 21.8 Å². The molecule has 3 rings (SSSR count). The second-order valence-corrected chi connectivity index (χ2v) is 13.5. The van der Waals surface area contributed by atoms with Gasteiger partial charge in [-0.2, -0.15) is 4.31 Å². The van der Waals surface area contributed by atoms with Gasteiger partial charge >= 0.3 is 0 Å². The number of carbonyl (C=O) groups is 3. The predicted molar refractivity (Wildman–Crippen MR) is 140 cm³/mol. The first-order chi connectivity index (χ1) is 17.1. The van der Waals surface area contributed by atoms with E-state index in [1.54, 1.807) is 17.0 Å². The molecule has 10 heteroatoms. The molecule has 0 radical (unpaired) electrons. The Morgan fingerprint density at radius 1 is 1.16 bits per heavy atom. The third kappa shape index (κ3) is 6.57. The molecule has 206 valence electrons. The number of ketones is 1. The van der Waals surface area contributed by atoms with E-state index in [0.29, 0.717) is 25.8 Å². The van der Waals surface area contributed by atoms with Crippen molar-refractivity contribution < 1.29 is 27.2 Å². The molecule has 8 nitrogen and oxygen atoms in total. The molecule has 37 heavy (non-hydrogen) atoms. The van der Waals surface area contributed by atoms with Crippen molar-refractivity contribution in [3.63, 3.8) is 0 Å². The Morgan fingerprint density at radius 3 is 2.32 bits per heavy atom. The third-order valence-electron chi connectivity index (χ3n) is 7.73. The highest BCUT2D eigenvalue weighted by molar-refractivity contribution is 7.88. The number of hydrogen-bond donors (Lipinski definition) is 1. The van der Waals surface area contributed by atoms with Crippen molar-refractivity contribution in [1.82, 2.24) is 14.5 Å². The number of benzene rings is 1. The zero-order valence-corrected chi connectivity index (χ0v) is 23.5. The minimum absolute atomic E-state index is 0.0274. The molecule has 1 aromatic rings. The van der Waals surface area contributed by atoms with Crippen molar-refractivity contribution in [2.24, 2.45) is 17.3 Å². The van der Waals surface area contributed by atoms with Gasteiger partial charge in [-0.15, -0.1) is 0 Å². The van der Waals surface area contributed by atoms with Gasteiger partial charge in [0.1, 0.15) is 17.6 Å². The molecule has 2 aliphatic heterocycles. The highest BCUT2D eigenvalue weighted by Gasteiger charge is 2.56. The maximum atomic E-state index is 13.9. The van der Waals surface area contributed by atoms with Gasteiger partial charge in [-0.3, -0.25) is 14.4 Å². The predicted octanol–water partition coefficient (Wildman–Crippen LogP) is 2.77. The molecular formula is C27H40FN3O5S. The van der Waals surface area contributed by atoms with Gasteiger partial charge in [-0.1, -0.05) is 46.8 Å². The van der Waals surface area contributed by atoms with E-state index in [-0.39, 0.29) is 42.3 Å². The fourth-order valence-corrected chi connectivity index (χ4v) is 6.51. The molecule has 2 fully saturated rings. The molecule has 2 aliphatic rings. The first kappa shape index (κ1) is 29.2. The maximum Gasteiger partial charge on any atom is 0.246 e. The molecule has 0 aromatic heterocycles. The summed E-state index contributed by atoms with van der Waals surface area (Å²) in [4.78, 5) is 41.7. The van der Waals surface area contributed by atoms with Crippen LogP contribution in [-0.2, 0) is 30.8 Å². The highest BCUT2D eigenvalue weighted by Crippen LogP contribution is 2.39. The average Bonchev–Trinajstić information content (AvgIpc) is 3.40. The number of likely N-dealkylation sites (tertiary alicyclic amines) is 1. The number of nitrogens with zero attached hydrogens (tertiary/aromatic N) is 2. The summed E-state index contributed by atoms with van der Waals surface area (Å²) in [6.07, 6.45) is 2.76. The van der Waals surface area contributed by atoms with Crippen LogP contribution in [0.2, 0.25) is 0 Å². The zero-order valence-electron chi connectivity index (χ0n) is 22.7. The Balaban J connectivity index is 1.87. The molecule has 1 N–H and O–H groups in total. The third-order valence-corrected chi connectivity index (χ3v) is 9.01. The standard InChI is InChI=1S/C27H40FN3O5S/c1-7-17(2)25(33)29-24(27(3,4)5)26(34)30-15-14-21-23(30)20(16-31(21)37(6,35)36)22(32)13-10-18-8-11-19(28)12-9-18/h8-9,11-12,17,20-21,23-24H,7,10,13-16H2,1-6H3,(H,29,33)/t17-,20-,21-,23-,24-/m1/s1. The Hall–Kier alpha value is -2.33. The number of Topliss-reactive ketones (excluding diaryl/α,β-unsaturated/α-hetero) is 1. The molecule has 0 spiro atoms. The number of carbonyl (C=O) groups excluding carboxylic acids is 3. The van der Waals surface area contributed by atoms with E-state index in [2.05, 4.69) is 5.32 Å². The Morgan fingerprint density at radius 2 is 1.78 bits per heavy atom. The van der Waals surface area contributed by atoms with Crippen LogP contribution in [0.4, 0.5) is 4.39 Å². The van der Waals surface area contributed by atoms with Crippen molar-refractivity contribution in [3.8, 4) is 0 Å². The molecule has 2 amide bonds. The Kier molecular flexibility index (Phi) is 8.84. The Bertz CT molecular complexity index is 1120. The number of rotatable bonds is 9. The molecule has 0 aliphatic carbocycles. The van der Waals surface area contributed by atoms with Crippen molar-refractivity contribution in [1.29, 1.82) is 0 Å². The minimum atomic E-state index is -3.59. The average molecular weight is 538 g/mol. The van der Waals surface area contributed by atoms with Crippen LogP contribution in [0.3, 0.4) is 0 Å². The van der Waals surface area contributed by atoms with Crippen LogP contribution < -0.4 is 5.32 Å².